The number of aromatic nitrogens is 5. The summed E-state index contributed by atoms with van der Waals surface area (Å²) in [5.74, 6) is 1.36. The molecule has 4 aromatic rings. The molecular formula is C29H35F3N6OSi. The van der Waals surface area contributed by atoms with Gasteiger partial charge in [0.25, 0.3) is 5.56 Å². The average molecular weight is 569 g/mol. The molecule has 2 heterocycles. The highest BCUT2D eigenvalue weighted by molar-refractivity contribution is 6.76. The largest absolute Gasteiger partial charge is 0.418 e. The normalized spacial score (nSPS) is 19.6. The van der Waals surface area contributed by atoms with Gasteiger partial charge in [0.05, 0.1) is 27.6 Å². The van der Waals surface area contributed by atoms with Crippen LogP contribution in [0.15, 0.2) is 53.8 Å². The van der Waals surface area contributed by atoms with Crippen LogP contribution in [0.5, 0.6) is 0 Å². The zero-order chi connectivity index (χ0) is 28.9. The van der Waals surface area contributed by atoms with Gasteiger partial charge in [-0.15, -0.1) is 10.2 Å². The van der Waals surface area contributed by atoms with Gasteiger partial charge in [-0.1, -0.05) is 38.7 Å². The summed E-state index contributed by atoms with van der Waals surface area (Å²) in [6.07, 6.45) is 0.00988. The van der Waals surface area contributed by atoms with Crippen LogP contribution in [0.25, 0.3) is 16.6 Å². The van der Waals surface area contributed by atoms with Crippen molar-refractivity contribution in [3.63, 3.8) is 0 Å². The van der Waals surface area contributed by atoms with Gasteiger partial charge in [-0.05, 0) is 66.7 Å². The minimum atomic E-state index is -4.64. The minimum absolute atomic E-state index is 0.0509. The van der Waals surface area contributed by atoms with E-state index in [4.69, 9.17) is 0 Å². The zero-order valence-corrected chi connectivity index (χ0v) is 24.5. The van der Waals surface area contributed by atoms with E-state index in [0.717, 1.165) is 36.3 Å². The van der Waals surface area contributed by atoms with Gasteiger partial charge in [0.2, 0.25) is 0 Å². The predicted octanol–water partition coefficient (Wildman–Crippen LogP) is 5.68. The summed E-state index contributed by atoms with van der Waals surface area (Å²) in [7, 11) is 0.624. The van der Waals surface area contributed by atoms with Crippen molar-refractivity contribution in [3.05, 3.63) is 81.9 Å². The van der Waals surface area contributed by atoms with Crippen molar-refractivity contribution in [2.75, 3.05) is 6.54 Å². The van der Waals surface area contributed by atoms with Crippen LogP contribution in [0.4, 0.5) is 13.2 Å². The summed E-state index contributed by atoms with van der Waals surface area (Å²) in [6, 6.07) is 11.2. The molecule has 40 heavy (non-hydrogen) atoms. The maximum absolute atomic E-state index is 14.0. The van der Waals surface area contributed by atoms with Crippen molar-refractivity contribution in [2.45, 2.75) is 63.6 Å². The molecule has 212 valence electrons. The Bertz CT molecular complexity index is 1600. The number of fused-ring (bicyclic) bond motifs is 1. The molecule has 11 heteroatoms. The van der Waals surface area contributed by atoms with Crippen LogP contribution < -0.4 is 10.9 Å². The Labute approximate surface area is 232 Å². The Hall–Kier alpha value is -3.31. The summed E-state index contributed by atoms with van der Waals surface area (Å²) in [4.78, 5) is 17.9. The Morgan fingerprint density at radius 3 is 2.50 bits per heavy atom. The molecule has 1 fully saturated rings. The highest BCUT2D eigenvalue weighted by Crippen LogP contribution is 2.51. The second-order valence-electron chi connectivity index (χ2n) is 12.4. The van der Waals surface area contributed by atoms with E-state index < -0.39 is 25.4 Å². The Morgan fingerprint density at radius 1 is 1.12 bits per heavy atom. The number of hydrogen-bond acceptors (Lipinski definition) is 5. The van der Waals surface area contributed by atoms with Crippen LogP contribution in [0.1, 0.15) is 42.3 Å². The minimum Gasteiger partial charge on any atom is -0.320 e. The fourth-order valence-corrected chi connectivity index (χ4v) is 6.77. The first-order chi connectivity index (χ1) is 18.8. The topological polar surface area (TPSA) is 77.6 Å². The zero-order valence-electron chi connectivity index (χ0n) is 23.5. The Balaban J connectivity index is 1.56. The van der Waals surface area contributed by atoms with E-state index in [-0.39, 0.29) is 22.9 Å². The molecule has 0 unspecified atom stereocenters. The smallest absolute Gasteiger partial charge is 0.320 e. The number of rotatable bonds is 8. The van der Waals surface area contributed by atoms with Gasteiger partial charge in [-0.3, -0.25) is 9.36 Å². The third-order valence-corrected chi connectivity index (χ3v) is 9.57. The molecule has 1 saturated carbocycles. The van der Waals surface area contributed by atoms with Gasteiger partial charge in [-0.2, -0.15) is 13.2 Å². The van der Waals surface area contributed by atoms with E-state index in [1.165, 1.54) is 17.0 Å². The first kappa shape index (κ1) is 28.2. The van der Waals surface area contributed by atoms with Crippen LogP contribution in [-0.2, 0) is 25.2 Å². The third kappa shape index (κ3) is 5.36. The van der Waals surface area contributed by atoms with Crippen LogP contribution in [0, 0.1) is 5.92 Å². The molecule has 0 aliphatic heterocycles. The summed E-state index contributed by atoms with van der Waals surface area (Å²) in [5, 5.41) is 11.7. The fourth-order valence-electron chi connectivity index (χ4n) is 5.84. The second-order valence-corrected chi connectivity index (χ2v) is 18.0. The Kier molecular flexibility index (Phi) is 7.24. The van der Waals surface area contributed by atoms with Crippen LogP contribution in [-0.4, -0.2) is 38.9 Å². The summed E-state index contributed by atoms with van der Waals surface area (Å²) < 4.78 is 45.4. The third-order valence-electron chi connectivity index (χ3n) is 7.82. The molecule has 1 aliphatic carbocycles. The van der Waals surface area contributed by atoms with Gasteiger partial charge in [0.15, 0.2) is 0 Å². The second kappa shape index (κ2) is 10.3. The molecule has 2 aromatic heterocycles. The van der Waals surface area contributed by atoms with E-state index in [1.807, 2.05) is 29.8 Å². The molecule has 5 rings (SSSR count). The summed E-state index contributed by atoms with van der Waals surface area (Å²) in [6.45, 7) is 9.88. The van der Waals surface area contributed by atoms with Crippen molar-refractivity contribution >= 4 is 19.0 Å². The molecule has 2 aromatic carbocycles. The highest BCUT2D eigenvalue weighted by atomic mass is 28.3. The number of aryl methyl sites for hydroxylation is 1. The van der Waals surface area contributed by atoms with Crippen molar-refractivity contribution in [1.82, 2.24) is 29.6 Å². The monoisotopic (exact) mass is 568 g/mol. The maximum atomic E-state index is 14.0. The lowest BCUT2D eigenvalue weighted by Crippen LogP contribution is -2.43. The van der Waals surface area contributed by atoms with Crippen molar-refractivity contribution in [2.24, 2.45) is 13.0 Å². The summed E-state index contributed by atoms with van der Waals surface area (Å²) >= 11 is 0. The number of nitrogens with one attached hydrogen (secondary N) is 1. The molecule has 1 N–H and O–H groups in total. The standard InChI is InChI=1S/C29H35F3N6OSi/c1-19-14-28(15-19,27-36-35-18-37(27)2)21-7-6-8-22(13-21)38-17-34-25-23(26(38)39)11-20(12-24(25)29(30,31)32)16-33-9-10-40(3,4)5/h6-8,11-13,17-19,33H,9-10,14-16H2,1-5H3. The lowest BCUT2D eigenvalue weighted by Gasteiger charge is -2.46. The lowest BCUT2D eigenvalue weighted by atomic mass is 9.58. The van der Waals surface area contributed by atoms with Crippen LogP contribution in [0.3, 0.4) is 0 Å². The molecule has 7 nitrogen and oxygen atoms in total. The van der Waals surface area contributed by atoms with Gasteiger partial charge in [0.1, 0.15) is 18.5 Å². The van der Waals surface area contributed by atoms with Gasteiger partial charge in [-0.25, -0.2) is 4.98 Å². The lowest BCUT2D eigenvalue weighted by molar-refractivity contribution is -0.136. The molecule has 0 amide bonds. The summed E-state index contributed by atoms with van der Waals surface area (Å²) in [5.41, 5.74) is -0.161. The number of nitrogens with zero attached hydrogens (tertiary/aromatic N) is 5. The molecule has 0 atom stereocenters. The molecule has 1 aliphatic rings. The average Bonchev–Trinajstić information content (AvgIpc) is 3.29. The first-order valence-corrected chi connectivity index (χ1v) is 17.3. The van der Waals surface area contributed by atoms with Gasteiger partial charge < -0.3 is 9.88 Å². The number of alkyl halides is 3. The highest BCUT2D eigenvalue weighted by Gasteiger charge is 2.48. The quantitative estimate of drug-likeness (QED) is 0.219. The van der Waals surface area contributed by atoms with E-state index in [1.54, 1.807) is 12.4 Å². The first-order valence-electron chi connectivity index (χ1n) is 13.6. The van der Waals surface area contributed by atoms with E-state index in [0.29, 0.717) is 23.7 Å². The van der Waals surface area contributed by atoms with E-state index >= 15 is 0 Å². The molecule has 0 saturated heterocycles. The fraction of sp³-hybridized carbons (Fsp3) is 0.448. The van der Waals surface area contributed by atoms with Crippen molar-refractivity contribution in [1.29, 1.82) is 0 Å². The van der Waals surface area contributed by atoms with Crippen LogP contribution >= 0.6 is 0 Å². The van der Waals surface area contributed by atoms with Crippen molar-refractivity contribution in [3.8, 4) is 5.69 Å². The molecule has 0 radical (unpaired) electrons. The number of halogens is 3. The molecular weight excluding hydrogens is 533 g/mol. The van der Waals surface area contributed by atoms with E-state index in [2.05, 4.69) is 47.1 Å². The van der Waals surface area contributed by atoms with Gasteiger partial charge >= 0.3 is 6.18 Å². The molecule has 0 bridgehead atoms. The van der Waals surface area contributed by atoms with Gasteiger partial charge in [0, 0.05) is 21.7 Å². The predicted molar refractivity (Wildman–Crippen MR) is 152 cm³/mol. The Morgan fingerprint density at radius 2 is 1.88 bits per heavy atom. The van der Waals surface area contributed by atoms with Crippen molar-refractivity contribution < 1.29 is 13.2 Å². The maximum Gasteiger partial charge on any atom is 0.418 e. The number of hydrogen-bond donors (Lipinski definition) is 1. The number of benzene rings is 2. The molecule has 0 spiro atoms. The van der Waals surface area contributed by atoms with E-state index in [9.17, 15) is 18.0 Å². The SMILES string of the molecule is CC1CC(c2cccc(-n3cnc4c(C(F)(F)F)cc(CNCC[Si](C)(C)C)cc4c3=O)c2)(c2nncn2C)C1. The van der Waals surface area contributed by atoms with Crippen LogP contribution in [0.2, 0.25) is 25.7 Å².